The van der Waals surface area contributed by atoms with Crippen molar-refractivity contribution in [2.75, 3.05) is 4.90 Å². The van der Waals surface area contributed by atoms with E-state index in [1.165, 1.54) is 4.90 Å². The van der Waals surface area contributed by atoms with Crippen LogP contribution in [0.25, 0.3) is 5.76 Å². The van der Waals surface area contributed by atoms with E-state index in [2.05, 4.69) is 20.9 Å². The molecular formula is C22H14BrClN2O3. The molecule has 0 bridgehead atoms. The molecule has 1 amide bonds. The highest BCUT2D eigenvalue weighted by atomic mass is 79.9. The van der Waals surface area contributed by atoms with Gasteiger partial charge in [0, 0.05) is 21.3 Å². The zero-order valence-electron chi connectivity index (χ0n) is 14.9. The predicted molar refractivity (Wildman–Crippen MR) is 115 cm³/mol. The van der Waals surface area contributed by atoms with Crippen LogP contribution in [0.2, 0.25) is 5.02 Å². The number of nitrogens with zero attached hydrogens (tertiary/aromatic N) is 2. The van der Waals surface area contributed by atoms with Crippen molar-refractivity contribution >= 4 is 50.8 Å². The van der Waals surface area contributed by atoms with E-state index in [9.17, 15) is 14.7 Å². The van der Waals surface area contributed by atoms with E-state index in [0.29, 0.717) is 22.0 Å². The van der Waals surface area contributed by atoms with Gasteiger partial charge in [-0.15, -0.1) is 0 Å². The average molecular weight is 470 g/mol. The van der Waals surface area contributed by atoms with Gasteiger partial charge in [0.25, 0.3) is 5.78 Å². The Hall–Kier alpha value is -2.96. The summed E-state index contributed by atoms with van der Waals surface area (Å²) in [5.41, 5.74) is 1.08. The van der Waals surface area contributed by atoms with E-state index in [4.69, 9.17) is 11.6 Å². The lowest BCUT2D eigenvalue weighted by atomic mass is 9.95. The quantitative estimate of drug-likeness (QED) is 0.328. The van der Waals surface area contributed by atoms with Gasteiger partial charge in [-0.1, -0.05) is 45.7 Å². The van der Waals surface area contributed by atoms with E-state index in [1.54, 1.807) is 60.8 Å². The van der Waals surface area contributed by atoms with Gasteiger partial charge in [0.15, 0.2) is 0 Å². The van der Waals surface area contributed by atoms with E-state index < -0.39 is 17.7 Å². The second kappa shape index (κ2) is 7.81. The van der Waals surface area contributed by atoms with Gasteiger partial charge < -0.3 is 5.11 Å². The zero-order chi connectivity index (χ0) is 20.5. The molecule has 0 spiro atoms. The first-order chi connectivity index (χ1) is 14.0. The molecule has 7 heteroatoms. The van der Waals surface area contributed by atoms with Crippen LogP contribution in [0.3, 0.4) is 0 Å². The summed E-state index contributed by atoms with van der Waals surface area (Å²) in [6, 6.07) is 18.0. The highest BCUT2D eigenvalue weighted by Crippen LogP contribution is 2.41. The maximum atomic E-state index is 12.9. The number of benzene rings is 2. The standard InChI is InChI=1S/C22H14BrClN2O3/c23-15-8-4-13(5-9-15)19-18(20(27)14-6-10-16(24)11-7-14)21(28)22(29)26(19)17-3-1-2-12-25-17/h1-12,19,27H/b20-18+. The largest absolute Gasteiger partial charge is 0.507 e. The summed E-state index contributed by atoms with van der Waals surface area (Å²) in [6.07, 6.45) is 1.55. The van der Waals surface area contributed by atoms with Crippen LogP contribution in [-0.4, -0.2) is 21.8 Å². The van der Waals surface area contributed by atoms with Crippen molar-refractivity contribution in [3.8, 4) is 0 Å². The molecule has 29 heavy (non-hydrogen) atoms. The van der Waals surface area contributed by atoms with Gasteiger partial charge in [-0.2, -0.15) is 0 Å². The average Bonchev–Trinajstić information content (AvgIpc) is 3.00. The summed E-state index contributed by atoms with van der Waals surface area (Å²) in [7, 11) is 0. The summed E-state index contributed by atoms with van der Waals surface area (Å²) >= 11 is 9.32. The number of aliphatic hydroxyl groups excluding tert-OH is 1. The van der Waals surface area contributed by atoms with Crippen LogP contribution in [0.4, 0.5) is 5.82 Å². The van der Waals surface area contributed by atoms with Crippen LogP contribution in [0.1, 0.15) is 17.2 Å². The molecule has 1 atom stereocenters. The molecule has 1 N–H and O–H groups in total. The topological polar surface area (TPSA) is 70.5 Å². The van der Waals surface area contributed by atoms with Crippen molar-refractivity contribution in [1.29, 1.82) is 0 Å². The normalized spacial score (nSPS) is 18.3. The molecule has 4 rings (SSSR count). The summed E-state index contributed by atoms with van der Waals surface area (Å²) in [5, 5.41) is 11.5. The third-order valence-corrected chi connectivity index (χ3v) is 5.42. The number of hydrogen-bond acceptors (Lipinski definition) is 4. The predicted octanol–water partition coefficient (Wildman–Crippen LogP) is 5.12. The minimum atomic E-state index is -0.811. The molecule has 1 fully saturated rings. The molecule has 0 aliphatic carbocycles. The number of amides is 1. The number of pyridine rings is 1. The summed E-state index contributed by atoms with van der Waals surface area (Å²) < 4.78 is 0.855. The first-order valence-corrected chi connectivity index (χ1v) is 9.88. The van der Waals surface area contributed by atoms with Gasteiger partial charge in [0.2, 0.25) is 0 Å². The first kappa shape index (κ1) is 19.4. The van der Waals surface area contributed by atoms with Gasteiger partial charge in [0.1, 0.15) is 11.6 Å². The second-order valence-corrected chi connectivity index (χ2v) is 7.77. The summed E-state index contributed by atoms with van der Waals surface area (Å²) in [4.78, 5) is 31.4. The number of carbonyl (C=O) groups excluding carboxylic acids is 2. The number of rotatable bonds is 3. The van der Waals surface area contributed by atoms with Crippen molar-refractivity contribution in [1.82, 2.24) is 4.98 Å². The summed E-state index contributed by atoms with van der Waals surface area (Å²) in [5.74, 6) is -1.44. The van der Waals surface area contributed by atoms with E-state index >= 15 is 0 Å². The van der Waals surface area contributed by atoms with Crippen LogP contribution in [0.15, 0.2) is 83.0 Å². The highest BCUT2D eigenvalue weighted by molar-refractivity contribution is 9.10. The number of hydrogen-bond donors (Lipinski definition) is 1. The Morgan fingerprint density at radius 2 is 1.69 bits per heavy atom. The fourth-order valence-electron chi connectivity index (χ4n) is 3.29. The van der Waals surface area contributed by atoms with E-state index in [0.717, 1.165) is 4.47 Å². The molecule has 0 saturated carbocycles. The number of aliphatic hydroxyl groups is 1. The van der Waals surface area contributed by atoms with Crippen molar-refractivity contribution in [3.05, 3.63) is 99.1 Å². The van der Waals surface area contributed by atoms with Gasteiger partial charge in [-0.25, -0.2) is 4.98 Å². The van der Waals surface area contributed by atoms with Crippen molar-refractivity contribution < 1.29 is 14.7 Å². The molecule has 1 aliphatic heterocycles. The Balaban J connectivity index is 1.94. The van der Waals surface area contributed by atoms with E-state index in [-0.39, 0.29) is 11.3 Å². The molecule has 1 aliphatic rings. The molecule has 2 aromatic carbocycles. The Bertz CT molecular complexity index is 1110. The van der Waals surface area contributed by atoms with Crippen molar-refractivity contribution in [2.45, 2.75) is 6.04 Å². The van der Waals surface area contributed by atoms with E-state index in [1.807, 2.05) is 12.1 Å². The SMILES string of the molecule is O=C1C(=O)N(c2ccccn2)C(c2ccc(Br)cc2)/C1=C(\O)c1ccc(Cl)cc1. The van der Waals surface area contributed by atoms with Gasteiger partial charge in [0.05, 0.1) is 11.6 Å². The minimum Gasteiger partial charge on any atom is -0.507 e. The molecule has 5 nitrogen and oxygen atoms in total. The van der Waals surface area contributed by atoms with Crippen LogP contribution in [-0.2, 0) is 9.59 Å². The number of aromatic nitrogens is 1. The lowest BCUT2D eigenvalue weighted by molar-refractivity contribution is -0.132. The fraction of sp³-hybridized carbons (Fsp3) is 0.0455. The Morgan fingerprint density at radius 1 is 1.00 bits per heavy atom. The Morgan fingerprint density at radius 3 is 2.31 bits per heavy atom. The molecule has 2 heterocycles. The molecule has 1 saturated heterocycles. The minimum absolute atomic E-state index is 0.00491. The maximum absolute atomic E-state index is 12.9. The van der Waals surface area contributed by atoms with Gasteiger partial charge in [-0.05, 0) is 54.1 Å². The van der Waals surface area contributed by atoms with Crippen molar-refractivity contribution in [3.63, 3.8) is 0 Å². The lowest BCUT2D eigenvalue weighted by Gasteiger charge is -2.24. The van der Waals surface area contributed by atoms with Crippen molar-refractivity contribution in [2.24, 2.45) is 0 Å². The van der Waals surface area contributed by atoms with Gasteiger partial charge in [-0.3, -0.25) is 14.5 Å². The third-order valence-electron chi connectivity index (χ3n) is 4.64. The van der Waals surface area contributed by atoms with Crippen LogP contribution in [0, 0.1) is 0 Å². The van der Waals surface area contributed by atoms with Gasteiger partial charge >= 0.3 is 5.91 Å². The third kappa shape index (κ3) is 3.57. The smallest absolute Gasteiger partial charge is 0.301 e. The highest BCUT2D eigenvalue weighted by Gasteiger charge is 2.47. The number of ketones is 1. The molecular weight excluding hydrogens is 456 g/mol. The zero-order valence-corrected chi connectivity index (χ0v) is 17.3. The molecule has 144 valence electrons. The Labute approximate surface area is 180 Å². The van der Waals surface area contributed by atoms with Crippen LogP contribution >= 0.6 is 27.5 Å². The lowest BCUT2D eigenvalue weighted by Crippen LogP contribution is -2.30. The molecule has 1 unspecified atom stereocenters. The monoisotopic (exact) mass is 468 g/mol. The number of anilines is 1. The fourth-order valence-corrected chi connectivity index (χ4v) is 3.68. The number of halogens is 2. The molecule has 0 radical (unpaired) electrons. The summed E-state index contributed by atoms with van der Waals surface area (Å²) in [6.45, 7) is 0. The second-order valence-electron chi connectivity index (χ2n) is 6.42. The van der Waals surface area contributed by atoms with Crippen LogP contribution in [0.5, 0.6) is 0 Å². The Kier molecular flexibility index (Phi) is 5.22. The first-order valence-electron chi connectivity index (χ1n) is 8.71. The molecule has 1 aromatic heterocycles. The maximum Gasteiger partial charge on any atom is 0.301 e. The molecule has 3 aromatic rings. The van der Waals surface area contributed by atoms with Crippen LogP contribution < -0.4 is 4.90 Å². The number of carbonyl (C=O) groups is 2. The number of Topliss-reactive ketones (excluding diaryl/α,β-unsaturated/α-hetero) is 1.